The SMILES string of the molecule is Cc1c(Cl)cccc1NC(=O)[C@H](C)OC(=O)c1ccccc1S(C)(=O)=O. The van der Waals surface area contributed by atoms with Crippen molar-refractivity contribution in [1.82, 2.24) is 0 Å². The Balaban J connectivity index is 2.15. The number of esters is 1. The van der Waals surface area contributed by atoms with Crippen molar-refractivity contribution in [3.05, 3.63) is 58.6 Å². The van der Waals surface area contributed by atoms with Crippen molar-refractivity contribution in [3.8, 4) is 0 Å². The summed E-state index contributed by atoms with van der Waals surface area (Å²) in [4.78, 5) is 24.4. The second kappa shape index (κ2) is 7.88. The first-order valence-corrected chi connectivity index (χ1v) is 9.94. The maximum atomic E-state index is 12.3. The first-order valence-electron chi connectivity index (χ1n) is 7.67. The molecule has 6 nitrogen and oxygen atoms in total. The van der Waals surface area contributed by atoms with E-state index in [1.807, 2.05) is 0 Å². The fraction of sp³-hybridized carbons (Fsp3) is 0.222. The molecule has 2 aromatic rings. The number of halogens is 1. The lowest BCUT2D eigenvalue weighted by atomic mass is 10.2. The van der Waals surface area contributed by atoms with Gasteiger partial charge < -0.3 is 10.1 Å². The molecule has 0 unspecified atom stereocenters. The highest BCUT2D eigenvalue weighted by Crippen LogP contribution is 2.23. The zero-order chi connectivity index (χ0) is 19.5. The van der Waals surface area contributed by atoms with Crippen LogP contribution in [0.5, 0.6) is 0 Å². The van der Waals surface area contributed by atoms with E-state index in [0.29, 0.717) is 16.3 Å². The molecular formula is C18H18ClNO5S. The highest BCUT2D eigenvalue weighted by atomic mass is 35.5. The van der Waals surface area contributed by atoms with E-state index in [1.54, 1.807) is 25.1 Å². The molecule has 0 heterocycles. The standard InChI is InChI=1S/C18H18ClNO5S/c1-11-14(19)8-6-9-15(11)20-17(21)12(2)25-18(22)13-7-4-5-10-16(13)26(3,23)24/h4-10,12H,1-3H3,(H,20,21)/t12-/m0/s1. The lowest BCUT2D eigenvalue weighted by Gasteiger charge is -2.16. The molecule has 1 atom stereocenters. The van der Waals surface area contributed by atoms with Crippen molar-refractivity contribution in [1.29, 1.82) is 0 Å². The van der Waals surface area contributed by atoms with Gasteiger partial charge in [-0.2, -0.15) is 0 Å². The Kier molecular flexibility index (Phi) is 6.05. The van der Waals surface area contributed by atoms with Gasteiger partial charge in [0, 0.05) is 17.0 Å². The van der Waals surface area contributed by atoms with Crippen LogP contribution in [0.3, 0.4) is 0 Å². The van der Waals surface area contributed by atoms with Gasteiger partial charge in [0.05, 0.1) is 10.5 Å². The van der Waals surface area contributed by atoms with Crippen LogP contribution >= 0.6 is 11.6 Å². The third-order valence-electron chi connectivity index (χ3n) is 3.69. The lowest BCUT2D eigenvalue weighted by Crippen LogP contribution is -2.30. The average molecular weight is 396 g/mol. The summed E-state index contributed by atoms with van der Waals surface area (Å²) in [6, 6.07) is 10.7. The van der Waals surface area contributed by atoms with Crippen LogP contribution < -0.4 is 5.32 Å². The highest BCUT2D eigenvalue weighted by molar-refractivity contribution is 7.90. The van der Waals surface area contributed by atoms with E-state index >= 15 is 0 Å². The minimum absolute atomic E-state index is 0.117. The molecule has 0 aromatic heterocycles. The maximum Gasteiger partial charge on any atom is 0.340 e. The van der Waals surface area contributed by atoms with Crippen molar-refractivity contribution in [3.63, 3.8) is 0 Å². The third-order valence-corrected chi connectivity index (χ3v) is 5.25. The molecule has 0 fully saturated rings. The van der Waals surface area contributed by atoms with Crippen LogP contribution in [-0.2, 0) is 19.4 Å². The van der Waals surface area contributed by atoms with Gasteiger partial charge in [0.15, 0.2) is 15.9 Å². The summed E-state index contributed by atoms with van der Waals surface area (Å²) in [5.41, 5.74) is 1.07. The molecule has 138 valence electrons. The molecular weight excluding hydrogens is 378 g/mol. The van der Waals surface area contributed by atoms with Crippen LogP contribution in [0.25, 0.3) is 0 Å². The number of nitrogens with one attached hydrogen (secondary N) is 1. The quantitative estimate of drug-likeness (QED) is 0.785. The van der Waals surface area contributed by atoms with E-state index in [4.69, 9.17) is 16.3 Å². The molecule has 1 N–H and O–H groups in total. The molecule has 0 bridgehead atoms. The first kappa shape index (κ1) is 19.9. The summed E-state index contributed by atoms with van der Waals surface area (Å²) >= 11 is 6.01. The number of anilines is 1. The molecule has 0 spiro atoms. The zero-order valence-electron chi connectivity index (χ0n) is 14.4. The summed E-state index contributed by atoms with van der Waals surface area (Å²) in [6.45, 7) is 3.15. The summed E-state index contributed by atoms with van der Waals surface area (Å²) in [5, 5.41) is 3.13. The number of hydrogen-bond acceptors (Lipinski definition) is 5. The highest BCUT2D eigenvalue weighted by Gasteiger charge is 2.24. The number of sulfone groups is 1. The molecule has 0 aliphatic carbocycles. The summed E-state index contributed by atoms with van der Waals surface area (Å²) < 4.78 is 28.7. The number of amides is 1. The Morgan fingerprint density at radius 3 is 2.42 bits per heavy atom. The van der Waals surface area contributed by atoms with Crippen molar-refractivity contribution < 1.29 is 22.7 Å². The smallest absolute Gasteiger partial charge is 0.340 e. The van der Waals surface area contributed by atoms with E-state index in [-0.39, 0.29) is 10.5 Å². The summed E-state index contributed by atoms with van der Waals surface area (Å²) in [5.74, 6) is -1.45. The Bertz CT molecular complexity index is 956. The Labute approximate surface area is 157 Å². The predicted molar refractivity (Wildman–Crippen MR) is 99.2 cm³/mol. The Morgan fingerprint density at radius 2 is 1.77 bits per heavy atom. The van der Waals surface area contributed by atoms with E-state index in [9.17, 15) is 18.0 Å². The van der Waals surface area contributed by atoms with Gasteiger partial charge in [0.2, 0.25) is 0 Å². The van der Waals surface area contributed by atoms with E-state index in [0.717, 1.165) is 6.26 Å². The number of carbonyl (C=O) groups excluding carboxylic acids is 2. The van der Waals surface area contributed by atoms with E-state index in [2.05, 4.69) is 5.32 Å². The molecule has 0 saturated heterocycles. The van der Waals surface area contributed by atoms with Crippen molar-refractivity contribution in [2.75, 3.05) is 11.6 Å². The van der Waals surface area contributed by atoms with Crippen LogP contribution in [0.1, 0.15) is 22.8 Å². The average Bonchev–Trinajstić information content (AvgIpc) is 2.58. The van der Waals surface area contributed by atoms with Crippen LogP contribution in [0.15, 0.2) is 47.4 Å². The van der Waals surface area contributed by atoms with Crippen LogP contribution in [0.4, 0.5) is 5.69 Å². The number of carbonyl (C=O) groups is 2. The Hall–Kier alpha value is -2.38. The number of ether oxygens (including phenoxy) is 1. The van der Waals surface area contributed by atoms with E-state index < -0.39 is 27.8 Å². The van der Waals surface area contributed by atoms with Crippen molar-refractivity contribution in [2.45, 2.75) is 24.8 Å². The fourth-order valence-corrected chi connectivity index (χ4v) is 3.26. The van der Waals surface area contributed by atoms with Gasteiger partial charge in [-0.15, -0.1) is 0 Å². The second-order valence-electron chi connectivity index (χ2n) is 5.72. The zero-order valence-corrected chi connectivity index (χ0v) is 16.0. The molecule has 2 aromatic carbocycles. The van der Waals surface area contributed by atoms with Gasteiger partial charge in [0.25, 0.3) is 5.91 Å². The molecule has 0 aliphatic rings. The van der Waals surface area contributed by atoms with Crippen molar-refractivity contribution in [2.24, 2.45) is 0 Å². The largest absolute Gasteiger partial charge is 0.449 e. The molecule has 2 rings (SSSR count). The van der Waals surface area contributed by atoms with Crippen LogP contribution in [0.2, 0.25) is 5.02 Å². The van der Waals surface area contributed by atoms with Gasteiger partial charge in [-0.25, -0.2) is 13.2 Å². The minimum Gasteiger partial charge on any atom is -0.449 e. The Morgan fingerprint density at radius 1 is 1.12 bits per heavy atom. The number of benzene rings is 2. The fourth-order valence-electron chi connectivity index (χ4n) is 2.21. The molecule has 26 heavy (non-hydrogen) atoms. The number of rotatable bonds is 5. The second-order valence-corrected chi connectivity index (χ2v) is 8.11. The summed E-state index contributed by atoms with van der Waals surface area (Å²) in [6.07, 6.45) is -0.134. The topological polar surface area (TPSA) is 89.5 Å². The van der Waals surface area contributed by atoms with E-state index in [1.165, 1.54) is 31.2 Å². The molecule has 0 aliphatic heterocycles. The van der Waals surface area contributed by atoms with Gasteiger partial charge in [-0.1, -0.05) is 29.8 Å². The lowest BCUT2D eigenvalue weighted by molar-refractivity contribution is -0.123. The first-order chi connectivity index (χ1) is 12.1. The minimum atomic E-state index is -3.61. The monoisotopic (exact) mass is 395 g/mol. The number of hydrogen-bond donors (Lipinski definition) is 1. The molecule has 0 saturated carbocycles. The predicted octanol–water partition coefficient (Wildman–Crippen LogP) is 3.24. The van der Waals surface area contributed by atoms with Gasteiger partial charge in [-0.05, 0) is 43.7 Å². The maximum absolute atomic E-state index is 12.3. The van der Waals surface area contributed by atoms with Crippen molar-refractivity contribution >= 4 is 39.0 Å². The molecule has 1 amide bonds. The van der Waals surface area contributed by atoms with Crippen LogP contribution in [-0.4, -0.2) is 32.7 Å². The molecule has 8 heteroatoms. The normalized spacial score (nSPS) is 12.3. The van der Waals surface area contributed by atoms with Crippen LogP contribution in [0, 0.1) is 6.92 Å². The van der Waals surface area contributed by atoms with Gasteiger partial charge in [0.1, 0.15) is 0 Å². The van der Waals surface area contributed by atoms with Gasteiger partial charge >= 0.3 is 5.97 Å². The summed E-state index contributed by atoms with van der Waals surface area (Å²) in [7, 11) is -3.61. The molecule has 0 radical (unpaired) electrons. The third kappa shape index (κ3) is 4.62. The van der Waals surface area contributed by atoms with Gasteiger partial charge in [-0.3, -0.25) is 4.79 Å².